The second-order valence-electron chi connectivity index (χ2n) is 10.5. The molecule has 162 valence electrons. The number of rotatable bonds is 4. The van der Waals surface area contributed by atoms with Crippen LogP contribution in [-0.2, 0) is 14.3 Å². The fourth-order valence-corrected chi connectivity index (χ4v) is 6.81. The number of aliphatic hydroxyl groups is 1. The minimum atomic E-state index is -0.476. The average molecular weight is 395 g/mol. The molecule has 7 unspecified atom stereocenters. The Balaban J connectivity index is 1.67. The summed E-state index contributed by atoms with van der Waals surface area (Å²) in [5.41, 5.74) is -0.219. The van der Waals surface area contributed by atoms with E-state index in [4.69, 9.17) is 9.47 Å². The van der Waals surface area contributed by atoms with Crippen molar-refractivity contribution in [3.63, 3.8) is 0 Å². The lowest BCUT2D eigenvalue weighted by molar-refractivity contribution is -0.143. The van der Waals surface area contributed by atoms with Gasteiger partial charge in [-0.2, -0.15) is 0 Å². The average Bonchev–Trinajstić information content (AvgIpc) is 2.99. The quantitative estimate of drug-likeness (QED) is 0.673. The molecule has 3 aliphatic rings. The predicted octanol–water partition coefficient (Wildman–Crippen LogP) is 5.12. The number of carbonyl (C=O) groups excluding carboxylic acids is 1. The van der Waals surface area contributed by atoms with E-state index in [0.29, 0.717) is 18.9 Å². The monoisotopic (exact) mass is 394 g/mol. The number of ether oxygens (including phenoxy) is 2. The van der Waals surface area contributed by atoms with Crippen molar-refractivity contribution < 1.29 is 19.4 Å². The van der Waals surface area contributed by atoms with Crippen LogP contribution < -0.4 is 0 Å². The topological polar surface area (TPSA) is 55.8 Å². The number of carbonyl (C=O) groups is 1. The molecular weight excluding hydrogens is 352 g/mol. The normalized spacial score (nSPS) is 44.4. The number of esters is 1. The molecule has 3 saturated carbocycles. The Morgan fingerprint density at radius 1 is 1.00 bits per heavy atom. The van der Waals surface area contributed by atoms with E-state index in [9.17, 15) is 9.90 Å². The number of fused-ring (bicyclic) bond motifs is 3. The Morgan fingerprint density at radius 2 is 1.79 bits per heavy atom. The summed E-state index contributed by atoms with van der Waals surface area (Å²) in [5, 5.41) is 10.6. The van der Waals surface area contributed by atoms with Crippen LogP contribution in [0.5, 0.6) is 0 Å². The first-order chi connectivity index (χ1) is 13.3. The maximum Gasteiger partial charge on any atom is 0.307 e. The van der Waals surface area contributed by atoms with Crippen LogP contribution in [0.25, 0.3) is 0 Å². The molecule has 0 bridgehead atoms. The van der Waals surface area contributed by atoms with E-state index in [1.165, 1.54) is 39.2 Å². The summed E-state index contributed by atoms with van der Waals surface area (Å²) in [6.45, 7) is 7.40. The van der Waals surface area contributed by atoms with E-state index in [0.717, 1.165) is 49.9 Å². The van der Waals surface area contributed by atoms with Gasteiger partial charge in [0.25, 0.3) is 0 Å². The highest BCUT2D eigenvalue weighted by Gasteiger charge is 2.54. The van der Waals surface area contributed by atoms with Crippen LogP contribution >= 0.6 is 0 Å². The van der Waals surface area contributed by atoms with Gasteiger partial charge in [0.2, 0.25) is 0 Å². The fraction of sp³-hybridized carbons (Fsp3) is 0.958. The summed E-state index contributed by atoms with van der Waals surface area (Å²) in [4.78, 5) is 11.4. The van der Waals surface area contributed by atoms with Crippen LogP contribution in [0.4, 0.5) is 0 Å². The number of hydrogen-bond donors (Lipinski definition) is 1. The van der Waals surface area contributed by atoms with E-state index in [1.54, 1.807) is 0 Å². The first-order valence-corrected chi connectivity index (χ1v) is 11.7. The molecule has 0 spiro atoms. The zero-order valence-corrected chi connectivity index (χ0v) is 18.5. The van der Waals surface area contributed by atoms with Gasteiger partial charge in [-0.05, 0) is 87.4 Å². The summed E-state index contributed by atoms with van der Waals surface area (Å²) in [5.74, 6) is 2.85. The second kappa shape index (κ2) is 9.04. The minimum Gasteiger partial charge on any atom is -0.469 e. The van der Waals surface area contributed by atoms with E-state index in [2.05, 4.69) is 13.8 Å². The highest BCUT2D eigenvalue weighted by molar-refractivity contribution is 5.69. The lowest BCUT2D eigenvalue weighted by Gasteiger charge is -2.51. The Morgan fingerprint density at radius 3 is 2.54 bits per heavy atom. The van der Waals surface area contributed by atoms with Crippen LogP contribution in [0.2, 0.25) is 0 Å². The van der Waals surface area contributed by atoms with Gasteiger partial charge in [0.1, 0.15) is 0 Å². The molecule has 3 fully saturated rings. The lowest BCUT2D eigenvalue weighted by atomic mass is 9.56. The lowest BCUT2D eigenvalue weighted by Crippen LogP contribution is -2.46. The zero-order valence-electron chi connectivity index (χ0n) is 18.5. The third-order valence-electron chi connectivity index (χ3n) is 8.63. The standard InChI is InChI=1S/C24H42O4/c1-17-10-14-23(2,26)13-6-5-7-19-18(17)11-15-24(3)20(19)8-9-21(24)28-16-12-22(25)27-4/h17-21,26H,5-16H2,1-4H3. The van der Waals surface area contributed by atoms with Crippen LogP contribution in [0, 0.1) is 29.1 Å². The van der Waals surface area contributed by atoms with Gasteiger partial charge < -0.3 is 14.6 Å². The van der Waals surface area contributed by atoms with Crippen molar-refractivity contribution in [2.24, 2.45) is 29.1 Å². The van der Waals surface area contributed by atoms with Crippen molar-refractivity contribution in [1.82, 2.24) is 0 Å². The van der Waals surface area contributed by atoms with Gasteiger partial charge in [-0.1, -0.05) is 26.7 Å². The summed E-state index contributed by atoms with van der Waals surface area (Å²) in [6, 6.07) is 0. The minimum absolute atomic E-state index is 0.180. The van der Waals surface area contributed by atoms with Gasteiger partial charge in [0.05, 0.1) is 31.8 Å². The molecule has 0 amide bonds. The Kier molecular flexibility index (Phi) is 7.13. The number of methoxy groups -OCH3 is 1. The molecular formula is C24H42O4. The molecule has 0 saturated heterocycles. The van der Waals surface area contributed by atoms with E-state index in [-0.39, 0.29) is 17.5 Å². The Labute approximate surface area is 171 Å². The highest BCUT2D eigenvalue weighted by atomic mass is 16.5. The van der Waals surface area contributed by atoms with Gasteiger partial charge in [0.15, 0.2) is 0 Å². The molecule has 0 aromatic rings. The maximum absolute atomic E-state index is 11.4. The highest BCUT2D eigenvalue weighted by Crippen LogP contribution is 2.59. The zero-order chi connectivity index (χ0) is 20.4. The second-order valence-corrected chi connectivity index (χ2v) is 10.5. The van der Waals surface area contributed by atoms with Crippen molar-refractivity contribution in [2.75, 3.05) is 13.7 Å². The molecule has 4 heteroatoms. The Hall–Kier alpha value is -0.610. The van der Waals surface area contributed by atoms with Gasteiger partial charge in [-0.3, -0.25) is 4.79 Å². The molecule has 0 radical (unpaired) electrons. The third-order valence-corrected chi connectivity index (χ3v) is 8.63. The molecule has 4 nitrogen and oxygen atoms in total. The van der Waals surface area contributed by atoms with E-state index >= 15 is 0 Å². The Bertz CT molecular complexity index is 531. The summed E-state index contributed by atoms with van der Waals surface area (Å²) in [7, 11) is 1.44. The molecule has 28 heavy (non-hydrogen) atoms. The molecule has 0 aliphatic heterocycles. The van der Waals surface area contributed by atoms with Crippen molar-refractivity contribution >= 4 is 5.97 Å². The SMILES string of the molecule is COC(=O)CCOC1CCC2C3CCCCC(C)(O)CCC(C)C3CCC12C. The summed E-state index contributed by atoms with van der Waals surface area (Å²) >= 11 is 0. The molecule has 0 aromatic heterocycles. The van der Waals surface area contributed by atoms with Crippen LogP contribution in [0.1, 0.15) is 91.4 Å². The molecule has 0 aromatic carbocycles. The summed E-state index contributed by atoms with van der Waals surface area (Å²) in [6.07, 6.45) is 12.3. The molecule has 1 N–H and O–H groups in total. The molecule has 3 aliphatic carbocycles. The van der Waals surface area contributed by atoms with Crippen molar-refractivity contribution in [2.45, 2.75) is 103 Å². The van der Waals surface area contributed by atoms with E-state index < -0.39 is 5.60 Å². The first-order valence-electron chi connectivity index (χ1n) is 11.7. The number of hydrogen-bond acceptors (Lipinski definition) is 4. The molecule has 0 heterocycles. The first kappa shape index (κ1) is 22.1. The van der Waals surface area contributed by atoms with Gasteiger partial charge in [0, 0.05) is 0 Å². The van der Waals surface area contributed by atoms with Gasteiger partial charge >= 0.3 is 5.97 Å². The largest absolute Gasteiger partial charge is 0.469 e. The van der Waals surface area contributed by atoms with Crippen molar-refractivity contribution in [3.8, 4) is 0 Å². The van der Waals surface area contributed by atoms with Gasteiger partial charge in [-0.25, -0.2) is 0 Å². The molecule has 7 atom stereocenters. The van der Waals surface area contributed by atoms with Crippen LogP contribution in [0.3, 0.4) is 0 Å². The van der Waals surface area contributed by atoms with Gasteiger partial charge in [-0.15, -0.1) is 0 Å². The fourth-order valence-electron chi connectivity index (χ4n) is 6.81. The summed E-state index contributed by atoms with van der Waals surface area (Å²) < 4.78 is 11.0. The van der Waals surface area contributed by atoms with Crippen molar-refractivity contribution in [3.05, 3.63) is 0 Å². The predicted molar refractivity (Wildman–Crippen MR) is 111 cm³/mol. The smallest absolute Gasteiger partial charge is 0.307 e. The van der Waals surface area contributed by atoms with E-state index in [1.807, 2.05) is 6.92 Å². The van der Waals surface area contributed by atoms with Crippen LogP contribution in [-0.4, -0.2) is 36.5 Å². The van der Waals surface area contributed by atoms with Crippen LogP contribution in [0.15, 0.2) is 0 Å². The van der Waals surface area contributed by atoms with Crippen molar-refractivity contribution in [1.29, 1.82) is 0 Å². The molecule has 3 rings (SSSR count). The maximum atomic E-state index is 11.4. The third kappa shape index (κ3) is 4.75.